The lowest BCUT2D eigenvalue weighted by molar-refractivity contribution is 0.131. The van der Waals surface area contributed by atoms with E-state index in [0.29, 0.717) is 13.2 Å². The number of rotatable bonds is 0. The molecule has 0 atom stereocenters. The maximum atomic E-state index is 9.80. The molecule has 0 aromatic rings. The van der Waals surface area contributed by atoms with Gasteiger partial charge in [0.1, 0.15) is 13.2 Å². The molecule has 0 N–H and O–H groups in total. The van der Waals surface area contributed by atoms with Crippen molar-refractivity contribution in [2.45, 2.75) is 34.1 Å². The molecule has 0 radical (unpaired) electrons. The van der Waals surface area contributed by atoms with Crippen LogP contribution in [0.25, 0.3) is 0 Å². The third-order valence-corrected chi connectivity index (χ3v) is 0.523. The summed E-state index contributed by atoms with van der Waals surface area (Å²) in [5, 5.41) is 0. The van der Waals surface area contributed by atoms with Gasteiger partial charge in [-0.05, 0) is 0 Å². The van der Waals surface area contributed by atoms with Gasteiger partial charge in [0.25, 0.3) is 0 Å². The highest BCUT2D eigenvalue weighted by Gasteiger charge is 2.09. The van der Waals surface area contributed by atoms with E-state index in [1.807, 2.05) is 13.8 Å². The van der Waals surface area contributed by atoms with Gasteiger partial charge in [0.2, 0.25) is 0 Å². The summed E-state index contributed by atoms with van der Waals surface area (Å²) in [6.45, 7) is 9.08. The highest BCUT2D eigenvalue weighted by atomic mass is 16.8. The van der Waals surface area contributed by atoms with Gasteiger partial charge in [0.05, 0.1) is 0 Å². The molecule has 0 aromatic carbocycles. The quantitative estimate of drug-likeness (QED) is 0.513. The Hall–Kier alpha value is -0.730. The highest BCUT2D eigenvalue weighted by molar-refractivity contribution is 5.61. The van der Waals surface area contributed by atoms with Crippen LogP contribution in [0.1, 0.15) is 34.1 Å². The van der Waals surface area contributed by atoms with E-state index >= 15 is 0 Å². The minimum absolute atomic E-state index is 0.416. The van der Waals surface area contributed by atoms with Gasteiger partial charge in [0, 0.05) is 0 Å². The maximum absolute atomic E-state index is 9.80. The normalized spacial score (nSPS) is 12.9. The third-order valence-electron chi connectivity index (χ3n) is 0.523. The predicted molar refractivity (Wildman–Crippen MR) is 44.6 cm³/mol. The average Bonchev–Trinajstić information content (AvgIpc) is 2.46. The molecule has 0 aromatic heterocycles. The molecule has 0 aliphatic carbocycles. The SMILES string of the molecule is CC.CCC.O=C1OCCO1. The third kappa shape index (κ3) is 12.5. The van der Waals surface area contributed by atoms with E-state index in [0.717, 1.165) is 0 Å². The predicted octanol–water partition coefficient (Wildman–Crippen LogP) is 2.60. The second-order valence-corrected chi connectivity index (χ2v) is 1.65. The molecule has 11 heavy (non-hydrogen) atoms. The standard InChI is InChI=1S/C3H4O3.C3H8.C2H6/c4-3-5-1-2-6-3;1-3-2;1-2/h1-2H2;3H2,1-2H3;1-2H3. The van der Waals surface area contributed by atoms with Gasteiger partial charge in [-0.2, -0.15) is 0 Å². The minimum atomic E-state index is -0.546. The first-order valence-corrected chi connectivity index (χ1v) is 4.10. The number of hydrogen-bond donors (Lipinski definition) is 0. The Morgan fingerprint density at radius 3 is 1.55 bits per heavy atom. The first-order valence-electron chi connectivity index (χ1n) is 4.10. The van der Waals surface area contributed by atoms with Gasteiger partial charge in [-0.15, -0.1) is 0 Å². The van der Waals surface area contributed by atoms with Crippen LogP contribution >= 0.6 is 0 Å². The van der Waals surface area contributed by atoms with Crippen molar-refractivity contribution in [1.29, 1.82) is 0 Å². The van der Waals surface area contributed by atoms with E-state index in [1.165, 1.54) is 6.42 Å². The molecule has 1 heterocycles. The van der Waals surface area contributed by atoms with Crippen LogP contribution in [0.3, 0.4) is 0 Å². The van der Waals surface area contributed by atoms with Crippen molar-refractivity contribution >= 4 is 6.16 Å². The van der Waals surface area contributed by atoms with Gasteiger partial charge in [-0.25, -0.2) is 4.79 Å². The zero-order valence-electron chi connectivity index (χ0n) is 7.85. The lowest BCUT2D eigenvalue weighted by Gasteiger charge is -1.78. The molecule has 0 saturated carbocycles. The van der Waals surface area contributed by atoms with Crippen LogP contribution in [0, 0.1) is 0 Å². The molecule has 1 fully saturated rings. The second-order valence-electron chi connectivity index (χ2n) is 1.65. The van der Waals surface area contributed by atoms with E-state index < -0.39 is 6.16 Å². The Morgan fingerprint density at radius 2 is 1.45 bits per heavy atom. The van der Waals surface area contributed by atoms with Crippen LogP contribution in [0.4, 0.5) is 4.79 Å². The largest absolute Gasteiger partial charge is 0.508 e. The van der Waals surface area contributed by atoms with Crippen LogP contribution in [0.5, 0.6) is 0 Å². The summed E-state index contributed by atoms with van der Waals surface area (Å²) in [6.07, 6.45) is 0.704. The van der Waals surface area contributed by atoms with Crippen LogP contribution in [0.15, 0.2) is 0 Å². The van der Waals surface area contributed by atoms with E-state index in [4.69, 9.17) is 0 Å². The van der Waals surface area contributed by atoms with Crippen LogP contribution in [0.2, 0.25) is 0 Å². The van der Waals surface area contributed by atoms with Crippen molar-refractivity contribution in [1.82, 2.24) is 0 Å². The van der Waals surface area contributed by atoms with Gasteiger partial charge >= 0.3 is 6.16 Å². The topological polar surface area (TPSA) is 35.5 Å². The van der Waals surface area contributed by atoms with Crippen molar-refractivity contribution in [3.63, 3.8) is 0 Å². The molecule has 68 valence electrons. The molecule has 0 unspecified atom stereocenters. The fourth-order valence-electron chi connectivity index (χ4n) is 0.292. The molecule has 1 aliphatic rings. The number of ether oxygens (including phenoxy) is 2. The first kappa shape index (κ1) is 12.9. The minimum Gasteiger partial charge on any atom is -0.431 e. The molecule has 0 amide bonds. The maximum Gasteiger partial charge on any atom is 0.508 e. The molecular weight excluding hydrogens is 144 g/mol. The Morgan fingerprint density at radius 1 is 1.18 bits per heavy atom. The van der Waals surface area contributed by atoms with Gasteiger partial charge in [0.15, 0.2) is 0 Å². The summed E-state index contributed by atoms with van der Waals surface area (Å²) in [6, 6.07) is 0. The van der Waals surface area contributed by atoms with Crippen molar-refractivity contribution in [3.8, 4) is 0 Å². The number of carbonyl (C=O) groups is 1. The van der Waals surface area contributed by atoms with Gasteiger partial charge in [-0.1, -0.05) is 34.1 Å². The molecule has 1 aliphatic heterocycles. The Kier molecular flexibility index (Phi) is 14.1. The van der Waals surface area contributed by atoms with Gasteiger partial charge in [-0.3, -0.25) is 0 Å². The summed E-state index contributed by atoms with van der Waals surface area (Å²) < 4.78 is 8.58. The van der Waals surface area contributed by atoms with E-state index in [-0.39, 0.29) is 0 Å². The second kappa shape index (κ2) is 12.0. The summed E-state index contributed by atoms with van der Waals surface area (Å²) in [4.78, 5) is 9.80. The summed E-state index contributed by atoms with van der Waals surface area (Å²) in [7, 11) is 0. The number of carbonyl (C=O) groups excluding carboxylic acids is 1. The molecule has 0 bridgehead atoms. The molecular formula is C8H18O3. The van der Waals surface area contributed by atoms with Crippen molar-refractivity contribution in [3.05, 3.63) is 0 Å². The monoisotopic (exact) mass is 162 g/mol. The average molecular weight is 162 g/mol. The zero-order valence-corrected chi connectivity index (χ0v) is 7.85. The molecule has 3 nitrogen and oxygen atoms in total. The fraction of sp³-hybridized carbons (Fsp3) is 0.875. The van der Waals surface area contributed by atoms with Crippen LogP contribution < -0.4 is 0 Å². The smallest absolute Gasteiger partial charge is 0.431 e. The molecule has 1 rings (SSSR count). The van der Waals surface area contributed by atoms with Crippen molar-refractivity contribution in [2.24, 2.45) is 0 Å². The molecule has 1 saturated heterocycles. The number of cyclic esters (lactones) is 2. The van der Waals surface area contributed by atoms with Gasteiger partial charge < -0.3 is 9.47 Å². The summed E-state index contributed by atoms with van der Waals surface area (Å²) >= 11 is 0. The van der Waals surface area contributed by atoms with Crippen LogP contribution in [-0.2, 0) is 9.47 Å². The fourth-order valence-corrected chi connectivity index (χ4v) is 0.292. The van der Waals surface area contributed by atoms with E-state index in [2.05, 4.69) is 23.3 Å². The highest BCUT2D eigenvalue weighted by Crippen LogP contribution is 1.92. The lowest BCUT2D eigenvalue weighted by Crippen LogP contribution is -1.88. The lowest BCUT2D eigenvalue weighted by atomic mass is 10.6. The first-order chi connectivity index (χ1) is 5.31. The zero-order chi connectivity index (χ0) is 9.11. The Balaban J connectivity index is 0. The van der Waals surface area contributed by atoms with Crippen molar-refractivity contribution < 1.29 is 14.3 Å². The number of hydrogen-bond acceptors (Lipinski definition) is 3. The molecule has 3 heteroatoms. The Bertz CT molecular complexity index is 73.4. The van der Waals surface area contributed by atoms with E-state index in [9.17, 15) is 4.79 Å². The summed E-state index contributed by atoms with van der Waals surface area (Å²) in [5.74, 6) is 0. The Labute approximate surface area is 68.7 Å². The van der Waals surface area contributed by atoms with Crippen molar-refractivity contribution in [2.75, 3.05) is 13.2 Å². The van der Waals surface area contributed by atoms with Crippen LogP contribution in [-0.4, -0.2) is 19.4 Å². The molecule has 0 spiro atoms. The summed E-state index contributed by atoms with van der Waals surface area (Å²) in [5.41, 5.74) is 0. The van der Waals surface area contributed by atoms with E-state index in [1.54, 1.807) is 0 Å².